The van der Waals surface area contributed by atoms with Crippen LogP contribution in [0.4, 0.5) is 5.82 Å². The molecule has 78 valence electrons. The lowest BCUT2D eigenvalue weighted by Crippen LogP contribution is -2.15. The van der Waals surface area contributed by atoms with E-state index in [1.54, 1.807) is 18.3 Å². The second kappa shape index (κ2) is 4.13. The molecule has 0 unspecified atom stereocenters. The Morgan fingerprint density at radius 1 is 1.53 bits per heavy atom. The summed E-state index contributed by atoms with van der Waals surface area (Å²) < 4.78 is 5.13. The first kappa shape index (κ1) is 9.71. The number of nitrogens with zero attached hydrogens (tertiary/aromatic N) is 1. The van der Waals surface area contributed by atoms with Crippen LogP contribution < -0.4 is 5.32 Å². The van der Waals surface area contributed by atoms with E-state index in [2.05, 4.69) is 10.3 Å². The number of rotatable bonds is 2. The maximum absolute atomic E-state index is 11.6. The molecule has 15 heavy (non-hydrogen) atoms. The molecule has 1 aromatic heterocycles. The number of hydrogen-bond donors (Lipinski definition) is 1. The normalized spacial score (nSPS) is 14.3. The van der Waals surface area contributed by atoms with E-state index in [1.807, 2.05) is 13.0 Å². The minimum absolute atomic E-state index is 0.233. The smallest absolute Gasteiger partial charge is 0.291 e. The van der Waals surface area contributed by atoms with E-state index >= 15 is 0 Å². The maximum Gasteiger partial charge on any atom is 0.291 e. The highest BCUT2D eigenvalue weighted by Crippen LogP contribution is 2.12. The summed E-state index contributed by atoms with van der Waals surface area (Å²) in [6.07, 6.45) is 4.28. The fourth-order valence-electron chi connectivity index (χ4n) is 1.30. The van der Waals surface area contributed by atoms with Crippen molar-refractivity contribution in [2.45, 2.75) is 13.3 Å². The Labute approximate surface area is 88.0 Å². The van der Waals surface area contributed by atoms with Gasteiger partial charge in [-0.3, -0.25) is 4.79 Å². The zero-order chi connectivity index (χ0) is 10.7. The summed E-state index contributed by atoms with van der Waals surface area (Å²) in [6.45, 7) is 2.53. The van der Waals surface area contributed by atoms with Gasteiger partial charge in [-0.15, -0.1) is 0 Å². The number of pyridine rings is 1. The highest BCUT2D eigenvalue weighted by atomic mass is 16.5. The average molecular weight is 204 g/mol. The van der Waals surface area contributed by atoms with Gasteiger partial charge in [-0.25, -0.2) is 4.98 Å². The van der Waals surface area contributed by atoms with Crippen molar-refractivity contribution in [3.05, 3.63) is 35.7 Å². The first-order valence-corrected chi connectivity index (χ1v) is 4.83. The minimum atomic E-state index is -0.233. The topological polar surface area (TPSA) is 51.2 Å². The van der Waals surface area contributed by atoms with E-state index in [4.69, 9.17) is 4.74 Å². The van der Waals surface area contributed by atoms with Crippen LogP contribution >= 0.6 is 0 Å². The maximum atomic E-state index is 11.6. The molecule has 0 bridgehead atoms. The van der Waals surface area contributed by atoms with Crippen molar-refractivity contribution in [3.8, 4) is 0 Å². The molecular formula is C11H12N2O2. The molecular weight excluding hydrogens is 192 g/mol. The summed E-state index contributed by atoms with van der Waals surface area (Å²) in [7, 11) is 0. The predicted molar refractivity (Wildman–Crippen MR) is 56.3 cm³/mol. The highest BCUT2D eigenvalue weighted by Gasteiger charge is 2.14. The van der Waals surface area contributed by atoms with Gasteiger partial charge in [-0.1, -0.05) is 6.07 Å². The van der Waals surface area contributed by atoms with Gasteiger partial charge in [0.2, 0.25) is 0 Å². The molecule has 1 amide bonds. The van der Waals surface area contributed by atoms with Gasteiger partial charge in [0.15, 0.2) is 5.76 Å². The van der Waals surface area contributed by atoms with Crippen LogP contribution in [0.25, 0.3) is 0 Å². The van der Waals surface area contributed by atoms with Crippen molar-refractivity contribution in [1.29, 1.82) is 0 Å². The minimum Gasteiger partial charge on any atom is -0.488 e. The lowest BCUT2D eigenvalue weighted by Gasteiger charge is -2.05. The Morgan fingerprint density at radius 2 is 2.40 bits per heavy atom. The quantitative estimate of drug-likeness (QED) is 0.796. The third-order valence-electron chi connectivity index (χ3n) is 2.08. The van der Waals surface area contributed by atoms with E-state index in [0.29, 0.717) is 18.2 Å². The van der Waals surface area contributed by atoms with E-state index in [1.165, 1.54) is 0 Å². The largest absolute Gasteiger partial charge is 0.488 e. The molecule has 2 rings (SSSR count). The number of aryl methyl sites for hydroxylation is 1. The third kappa shape index (κ3) is 2.34. The molecule has 0 aliphatic carbocycles. The Morgan fingerprint density at radius 3 is 3.00 bits per heavy atom. The van der Waals surface area contributed by atoms with Crippen LogP contribution in [0.1, 0.15) is 12.0 Å². The van der Waals surface area contributed by atoms with E-state index in [-0.39, 0.29) is 5.91 Å². The fourth-order valence-corrected chi connectivity index (χ4v) is 1.30. The van der Waals surface area contributed by atoms with Crippen molar-refractivity contribution in [2.75, 3.05) is 11.9 Å². The second-order valence-electron chi connectivity index (χ2n) is 3.38. The predicted octanol–water partition coefficient (Wildman–Crippen LogP) is 1.63. The summed E-state index contributed by atoms with van der Waals surface area (Å²) in [5.41, 5.74) is 1.06. The van der Waals surface area contributed by atoms with Crippen LogP contribution in [-0.2, 0) is 9.53 Å². The molecule has 1 aliphatic heterocycles. The summed E-state index contributed by atoms with van der Waals surface area (Å²) in [4.78, 5) is 15.6. The summed E-state index contributed by atoms with van der Waals surface area (Å²) in [5.74, 6) is 0.697. The van der Waals surface area contributed by atoms with Gasteiger partial charge >= 0.3 is 0 Å². The first-order valence-electron chi connectivity index (χ1n) is 4.83. The van der Waals surface area contributed by atoms with Gasteiger partial charge < -0.3 is 10.1 Å². The molecule has 4 heteroatoms. The summed E-state index contributed by atoms with van der Waals surface area (Å²) >= 11 is 0. The lowest BCUT2D eigenvalue weighted by molar-refractivity contribution is -0.115. The Hall–Kier alpha value is -1.84. The number of aromatic nitrogens is 1. The van der Waals surface area contributed by atoms with Crippen molar-refractivity contribution >= 4 is 11.7 Å². The lowest BCUT2D eigenvalue weighted by atomic mass is 10.3. The molecule has 1 aromatic rings. The Bertz CT molecular complexity index is 396. The zero-order valence-electron chi connectivity index (χ0n) is 8.49. The molecule has 0 atom stereocenters. The van der Waals surface area contributed by atoms with Crippen LogP contribution in [0, 0.1) is 6.92 Å². The number of hydrogen-bond acceptors (Lipinski definition) is 3. The molecule has 0 saturated carbocycles. The molecule has 4 nitrogen and oxygen atoms in total. The third-order valence-corrected chi connectivity index (χ3v) is 2.08. The zero-order valence-corrected chi connectivity index (χ0v) is 8.49. The molecule has 1 aliphatic rings. The van der Waals surface area contributed by atoms with Crippen molar-refractivity contribution in [3.63, 3.8) is 0 Å². The average Bonchev–Trinajstić information content (AvgIpc) is 2.74. The van der Waals surface area contributed by atoms with Crippen molar-refractivity contribution < 1.29 is 9.53 Å². The SMILES string of the molecule is Cc1ccc(NC(=O)C2=CCCO2)nc1. The molecule has 0 spiro atoms. The van der Waals surface area contributed by atoms with Crippen LogP contribution in [0.5, 0.6) is 0 Å². The number of carbonyl (C=O) groups excluding carboxylic acids is 1. The second-order valence-corrected chi connectivity index (χ2v) is 3.38. The molecule has 0 saturated heterocycles. The molecule has 0 radical (unpaired) electrons. The van der Waals surface area contributed by atoms with Crippen LogP contribution in [0.15, 0.2) is 30.2 Å². The van der Waals surface area contributed by atoms with Crippen molar-refractivity contribution in [2.24, 2.45) is 0 Å². The number of carbonyl (C=O) groups is 1. The Kier molecular flexibility index (Phi) is 2.67. The molecule has 0 aromatic carbocycles. The van der Waals surface area contributed by atoms with E-state index < -0.39 is 0 Å². The number of nitrogens with one attached hydrogen (secondary N) is 1. The van der Waals surface area contributed by atoms with E-state index in [0.717, 1.165) is 12.0 Å². The first-order chi connectivity index (χ1) is 7.25. The van der Waals surface area contributed by atoms with Crippen LogP contribution in [-0.4, -0.2) is 17.5 Å². The molecule has 0 fully saturated rings. The van der Waals surface area contributed by atoms with Gasteiger partial charge in [0.25, 0.3) is 5.91 Å². The standard InChI is InChI=1S/C11H12N2O2/c1-8-4-5-10(12-7-8)13-11(14)9-3-2-6-15-9/h3-5,7H,2,6H2,1H3,(H,12,13,14). The molecule has 2 heterocycles. The number of amides is 1. The summed E-state index contributed by atoms with van der Waals surface area (Å²) in [5, 5.41) is 2.67. The van der Waals surface area contributed by atoms with E-state index in [9.17, 15) is 4.79 Å². The van der Waals surface area contributed by atoms with Crippen molar-refractivity contribution in [1.82, 2.24) is 4.98 Å². The Balaban J connectivity index is 2.02. The van der Waals surface area contributed by atoms with Gasteiger partial charge in [-0.05, 0) is 24.6 Å². The van der Waals surface area contributed by atoms with Gasteiger partial charge in [0, 0.05) is 12.6 Å². The fraction of sp³-hybridized carbons (Fsp3) is 0.273. The number of ether oxygens (including phenoxy) is 1. The highest BCUT2D eigenvalue weighted by molar-refractivity contribution is 6.01. The van der Waals surface area contributed by atoms with Crippen LogP contribution in [0.3, 0.4) is 0 Å². The van der Waals surface area contributed by atoms with Crippen LogP contribution in [0.2, 0.25) is 0 Å². The monoisotopic (exact) mass is 204 g/mol. The van der Waals surface area contributed by atoms with Gasteiger partial charge in [-0.2, -0.15) is 0 Å². The molecule has 1 N–H and O–H groups in total. The summed E-state index contributed by atoms with van der Waals surface area (Å²) in [6, 6.07) is 3.66. The van der Waals surface area contributed by atoms with Gasteiger partial charge in [0.05, 0.1) is 6.61 Å². The number of anilines is 1. The van der Waals surface area contributed by atoms with Gasteiger partial charge in [0.1, 0.15) is 5.82 Å².